The Morgan fingerprint density at radius 3 is 2.73 bits per heavy atom. The van der Waals surface area contributed by atoms with Crippen molar-refractivity contribution in [1.29, 1.82) is 0 Å². The number of halogens is 1. The third-order valence-corrected chi connectivity index (χ3v) is 3.69. The van der Waals surface area contributed by atoms with Gasteiger partial charge in [-0.25, -0.2) is 4.99 Å². The number of aliphatic imine (C=N–C) groups is 1. The highest BCUT2D eigenvalue weighted by Gasteiger charge is 2.10. The summed E-state index contributed by atoms with van der Waals surface area (Å²) in [5, 5.41) is 8.23. The quantitative estimate of drug-likeness (QED) is 0.677. The van der Waals surface area contributed by atoms with Gasteiger partial charge in [-0.05, 0) is 19.1 Å². The van der Waals surface area contributed by atoms with Crippen LogP contribution >= 0.6 is 11.6 Å². The molecule has 2 rings (SSSR count). The Kier molecular flexibility index (Phi) is 5.49. The molecular weight excluding hydrogens is 300 g/mol. The molecule has 22 heavy (non-hydrogen) atoms. The zero-order valence-electron chi connectivity index (χ0n) is 13.5. The van der Waals surface area contributed by atoms with E-state index < -0.39 is 0 Å². The zero-order valence-corrected chi connectivity index (χ0v) is 14.3. The maximum atomic E-state index is 6.04. The molecule has 0 amide bonds. The minimum atomic E-state index is 0.594. The number of guanidine groups is 1. The Morgan fingerprint density at radius 1 is 1.41 bits per heavy atom. The van der Waals surface area contributed by atoms with Crippen LogP contribution in [0, 0.1) is 0 Å². The molecule has 0 bridgehead atoms. The third-order valence-electron chi connectivity index (χ3n) is 3.48. The molecule has 0 aliphatic carbocycles. The lowest BCUT2D eigenvalue weighted by Gasteiger charge is -2.22. The molecule has 0 radical (unpaired) electrons. The summed E-state index contributed by atoms with van der Waals surface area (Å²) in [7, 11) is 5.94. The standard InChI is InChI=1S/C15H23ClN6/c1-5-17-15(18-9-13-6-7-19-22(13)4)21(3)11-14-8-12(16)10-20(14)2/h6-8,10H,5,9,11H2,1-4H3,(H,17,18). The molecule has 7 heteroatoms. The van der Waals surface area contributed by atoms with E-state index in [1.165, 1.54) is 0 Å². The van der Waals surface area contributed by atoms with Gasteiger partial charge in [0, 0.05) is 45.8 Å². The Hall–Kier alpha value is -1.95. The Labute approximate surface area is 136 Å². The van der Waals surface area contributed by atoms with Gasteiger partial charge in [-0.1, -0.05) is 11.6 Å². The van der Waals surface area contributed by atoms with E-state index in [0.29, 0.717) is 6.54 Å². The van der Waals surface area contributed by atoms with Crippen molar-refractivity contribution in [3.63, 3.8) is 0 Å². The normalized spacial score (nSPS) is 11.8. The van der Waals surface area contributed by atoms with Crippen LogP contribution in [0.5, 0.6) is 0 Å². The first kappa shape index (κ1) is 16.4. The first-order valence-electron chi connectivity index (χ1n) is 7.28. The van der Waals surface area contributed by atoms with Gasteiger partial charge in [0.15, 0.2) is 5.96 Å². The van der Waals surface area contributed by atoms with Crippen LogP contribution in [0.1, 0.15) is 18.3 Å². The maximum absolute atomic E-state index is 6.04. The molecule has 0 aliphatic rings. The largest absolute Gasteiger partial charge is 0.357 e. The average molecular weight is 323 g/mol. The second kappa shape index (κ2) is 7.35. The Morgan fingerprint density at radius 2 is 2.18 bits per heavy atom. The number of aryl methyl sites for hydroxylation is 2. The van der Waals surface area contributed by atoms with E-state index in [0.717, 1.165) is 35.5 Å². The van der Waals surface area contributed by atoms with Gasteiger partial charge in [0.2, 0.25) is 0 Å². The van der Waals surface area contributed by atoms with Crippen molar-refractivity contribution in [3.05, 3.63) is 40.9 Å². The molecule has 2 aromatic heterocycles. The molecule has 0 aliphatic heterocycles. The lowest BCUT2D eigenvalue weighted by Crippen LogP contribution is -2.38. The molecule has 0 saturated heterocycles. The fourth-order valence-electron chi connectivity index (χ4n) is 2.22. The predicted octanol–water partition coefficient (Wildman–Crippen LogP) is 2.01. The van der Waals surface area contributed by atoms with Crippen LogP contribution in [0.2, 0.25) is 5.02 Å². The maximum Gasteiger partial charge on any atom is 0.194 e. The summed E-state index contributed by atoms with van der Waals surface area (Å²) in [4.78, 5) is 6.77. The van der Waals surface area contributed by atoms with Gasteiger partial charge >= 0.3 is 0 Å². The summed E-state index contributed by atoms with van der Waals surface area (Å²) >= 11 is 6.04. The Bertz CT molecular complexity index is 642. The second-order valence-corrected chi connectivity index (χ2v) is 5.67. The van der Waals surface area contributed by atoms with Crippen molar-refractivity contribution in [1.82, 2.24) is 24.6 Å². The van der Waals surface area contributed by atoms with Gasteiger partial charge in [0.05, 0.1) is 23.8 Å². The average Bonchev–Trinajstić information content (AvgIpc) is 3.00. The topological polar surface area (TPSA) is 50.4 Å². The van der Waals surface area contributed by atoms with Crippen LogP contribution in [0.15, 0.2) is 29.5 Å². The molecule has 0 unspecified atom stereocenters. The second-order valence-electron chi connectivity index (χ2n) is 5.23. The number of hydrogen-bond donors (Lipinski definition) is 1. The van der Waals surface area contributed by atoms with Gasteiger partial charge in [0.25, 0.3) is 0 Å². The van der Waals surface area contributed by atoms with Crippen LogP contribution in [0.4, 0.5) is 0 Å². The van der Waals surface area contributed by atoms with Gasteiger partial charge in [-0.3, -0.25) is 4.68 Å². The lowest BCUT2D eigenvalue weighted by molar-refractivity contribution is 0.461. The third kappa shape index (κ3) is 4.04. The van der Waals surface area contributed by atoms with E-state index in [-0.39, 0.29) is 0 Å². The van der Waals surface area contributed by atoms with E-state index >= 15 is 0 Å². The molecule has 0 atom stereocenters. The highest BCUT2D eigenvalue weighted by Crippen LogP contribution is 2.14. The van der Waals surface area contributed by atoms with E-state index in [1.54, 1.807) is 6.20 Å². The fourth-order valence-corrected chi connectivity index (χ4v) is 2.50. The van der Waals surface area contributed by atoms with Crippen LogP contribution in [-0.2, 0) is 27.2 Å². The highest BCUT2D eigenvalue weighted by atomic mass is 35.5. The van der Waals surface area contributed by atoms with Crippen molar-refractivity contribution >= 4 is 17.6 Å². The van der Waals surface area contributed by atoms with Gasteiger partial charge in [-0.15, -0.1) is 0 Å². The first-order chi connectivity index (χ1) is 10.5. The molecular formula is C15H23ClN6. The van der Waals surface area contributed by atoms with Gasteiger partial charge < -0.3 is 14.8 Å². The lowest BCUT2D eigenvalue weighted by atomic mass is 10.4. The summed E-state index contributed by atoms with van der Waals surface area (Å²) in [6.45, 7) is 4.22. The number of aromatic nitrogens is 3. The molecule has 0 fully saturated rings. The van der Waals surface area contributed by atoms with Crippen molar-refractivity contribution in [2.75, 3.05) is 13.6 Å². The van der Waals surface area contributed by atoms with Crippen molar-refractivity contribution in [2.24, 2.45) is 19.1 Å². The van der Waals surface area contributed by atoms with Gasteiger partial charge in [0.1, 0.15) is 0 Å². The fraction of sp³-hybridized carbons (Fsp3) is 0.467. The van der Waals surface area contributed by atoms with Crippen molar-refractivity contribution < 1.29 is 0 Å². The SMILES string of the molecule is CCNC(=NCc1ccnn1C)N(C)Cc1cc(Cl)cn1C. The summed E-state index contributed by atoms with van der Waals surface area (Å²) in [5.41, 5.74) is 2.21. The minimum absolute atomic E-state index is 0.594. The molecule has 1 N–H and O–H groups in total. The van der Waals surface area contributed by atoms with E-state index in [2.05, 4.69) is 27.2 Å². The number of nitrogens with zero attached hydrogens (tertiary/aromatic N) is 5. The van der Waals surface area contributed by atoms with E-state index in [9.17, 15) is 0 Å². The van der Waals surface area contributed by atoms with E-state index in [1.807, 2.05) is 48.7 Å². The molecule has 2 heterocycles. The number of hydrogen-bond acceptors (Lipinski definition) is 2. The van der Waals surface area contributed by atoms with Crippen LogP contribution in [-0.4, -0.2) is 38.8 Å². The Balaban J connectivity index is 2.09. The first-order valence-corrected chi connectivity index (χ1v) is 7.66. The number of rotatable bonds is 5. The van der Waals surface area contributed by atoms with E-state index in [4.69, 9.17) is 11.6 Å². The smallest absolute Gasteiger partial charge is 0.194 e. The summed E-state index contributed by atoms with van der Waals surface area (Å²) in [5.74, 6) is 0.862. The summed E-state index contributed by atoms with van der Waals surface area (Å²) in [6, 6.07) is 3.95. The zero-order chi connectivity index (χ0) is 16.1. The van der Waals surface area contributed by atoms with Crippen LogP contribution in [0.3, 0.4) is 0 Å². The summed E-state index contributed by atoms with van der Waals surface area (Å²) < 4.78 is 3.87. The molecule has 6 nitrogen and oxygen atoms in total. The molecule has 2 aromatic rings. The molecule has 120 valence electrons. The van der Waals surface area contributed by atoms with Crippen LogP contribution in [0.25, 0.3) is 0 Å². The highest BCUT2D eigenvalue weighted by molar-refractivity contribution is 6.30. The molecule has 0 spiro atoms. The van der Waals surface area contributed by atoms with Crippen LogP contribution < -0.4 is 5.32 Å². The number of nitrogens with one attached hydrogen (secondary N) is 1. The molecule has 0 saturated carbocycles. The van der Waals surface area contributed by atoms with Crippen molar-refractivity contribution in [3.8, 4) is 0 Å². The summed E-state index contributed by atoms with van der Waals surface area (Å²) in [6.07, 6.45) is 3.69. The monoisotopic (exact) mass is 322 g/mol. The minimum Gasteiger partial charge on any atom is -0.357 e. The predicted molar refractivity (Wildman–Crippen MR) is 89.9 cm³/mol. The van der Waals surface area contributed by atoms with Crippen molar-refractivity contribution in [2.45, 2.75) is 20.0 Å². The molecule has 0 aromatic carbocycles. The van der Waals surface area contributed by atoms with Gasteiger partial charge in [-0.2, -0.15) is 5.10 Å².